The molecule has 0 amide bonds. The van der Waals surface area contributed by atoms with Crippen molar-refractivity contribution in [3.63, 3.8) is 0 Å². The quantitative estimate of drug-likeness (QED) is 0.124. The van der Waals surface area contributed by atoms with Crippen LogP contribution in [0.4, 0.5) is 0 Å². The van der Waals surface area contributed by atoms with Gasteiger partial charge in [-0.3, -0.25) is 4.79 Å². The number of para-hydroxylation sites is 2. The minimum Gasteiger partial charge on any atom is -0.493 e. The van der Waals surface area contributed by atoms with E-state index in [2.05, 4.69) is 27.7 Å². The molecule has 2 unspecified atom stereocenters. The molecule has 2 aliphatic heterocycles. The van der Waals surface area contributed by atoms with Crippen LogP contribution in [0.3, 0.4) is 0 Å². The van der Waals surface area contributed by atoms with Crippen LogP contribution in [0.1, 0.15) is 87.4 Å². The van der Waals surface area contributed by atoms with E-state index in [1.54, 1.807) is 18.2 Å². The summed E-state index contributed by atoms with van der Waals surface area (Å²) in [5.74, 6) is 2.59. The predicted octanol–water partition coefficient (Wildman–Crippen LogP) is 7.62. The molecular formula is C37H46O9. The second-order valence-corrected chi connectivity index (χ2v) is 12.7. The highest BCUT2D eigenvalue weighted by Crippen LogP contribution is 2.38. The van der Waals surface area contributed by atoms with Crippen LogP contribution in [0.25, 0.3) is 0 Å². The fraction of sp³-hybridized carbons (Fsp3) is 0.486. The summed E-state index contributed by atoms with van der Waals surface area (Å²) in [5, 5.41) is 0. The van der Waals surface area contributed by atoms with Crippen molar-refractivity contribution in [1.29, 1.82) is 0 Å². The number of hydrogen-bond acceptors (Lipinski definition) is 9. The third kappa shape index (κ3) is 9.69. The van der Waals surface area contributed by atoms with Crippen LogP contribution in [0.15, 0.2) is 66.7 Å². The first kappa shape index (κ1) is 33.7. The van der Waals surface area contributed by atoms with Crippen LogP contribution in [0.5, 0.6) is 23.0 Å². The zero-order valence-electron chi connectivity index (χ0n) is 27.3. The topological polar surface area (TPSA) is 90.9 Å². The molecule has 2 saturated heterocycles. The smallest absolute Gasteiger partial charge is 0.187 e. The molecule has 2 fully saturated rings. The molecule has 9 heteroatoms. The van der Waals surface area contributed by atoms with E-state index in [4.69, 9.17) is 37.9 Å². The van der Waals surface area contributed by atoms with E-state index < -0.39 is 12.6 Å². The Hall–Kier alpha value is -3.63. The van der Waals surface area contributed by atoms with Crippen LogP contribution in [-0.4, -0.2) is 57.1 Å². The van der Waals surface area contributed by atoms with Crippen LogP contribution < -0.4 is 18.9 Å². The van der Waals surface area contributed by atoms with Gasteiger partial charge in [0, 0.05) is 35.6 Å². The Balaban J connectivity index is 1.06. The van der Waals surface area contributed by atoms with Gasteiger partial charge in [0.2, 0.25) is 0 Å². The van der Waals surface area contributed by atoms with E-state index in [0.717, 1.165) is 41.8 Å². The minimum atomic E-state index is -0.457. The summed E-state index contributed by atoms with van der Waals surface area (Å²) in [6.45, 7) is 11.3. The average molecular weight is 635 g/mol. The van der Waals surface area contributed by atoms with Crippen LogP contribution in [0, 0.1) is 0 Å². The van der Waals surface area contributed by atoms with Gasteiger partial charge in [0.1, 0.15) is 29.3 Å². The number of hydrogen-bond donors (Lipinski definition) is 0. The van der Waals surface area contributed by atoms with E-state index in [1.807, 2.05) is 48.5 Å². The second-order valence-electron chi connectivity index (χ2n) is 12.7. The third-order valence-corrected chi connectivity index (χ3v) is 7.81. The van der Waals surface area contributed by atoms with Crippen molar-refractivity contribution < 1.29 is 42.7 Å². The molecule has 3 aromatic carbocycles. The van der Waals surface area contributed by atoms with Crippen molar-refractivity contribution in [3.8, 4) is 23.0 Å². The molecule has 5 rings (SSSR count). The second kappa shape index (κ2) is 15.8. The van der Waals surface area contributed by atoms with Gasteiger partial charge in [0.15, 0.2) is 12.6 Å². The Morgan fingerprint density at radius 3 is 1.52 bits per heavy atom. The van der Waals surface area contributed by atoms with E-state index in [9.17, 15) is 4.79 Å². The molecule has 0 spiro atoms. The SMILES string of the molecule is CC1(C)CCOC(c2ccccc2OCCCOc2cc(C=O)cc(OCCCOc3ccccc3C3OCCC(C)(C)O3)c2)O1. The van der Waals surface area contributed by atoms with Crippen molar-refractivity contribution in [2.45, 2.75) is 77.2 Å². The van der Waals surface area contributed by atoms with Gasteiger partial charge in [-0.2, -0.15) is 0 Å². The molecule has 9 nitrogen and oxygen atoms in total. The van der Waals surface area contributed by atoms with Gasteiger partial charge in [-0.15, -0.1) is 0 Å². The molecule has 2 atom stereocenters. The van der Waals surface area contributed by atoms with Crippen molar-refractivity contribution in [2.75, 3.05) is 39.6 Å². The zero-order valence-corrected chi connectivity index (χ0v) is 27.3. The number of ether oxygens (including phenoxy) is 8. The molecule has 0 saturated carbocycles. The van der Waals surface area contributed by atoms with E-state index in [1.165, 1.54) is 0 Å². The van der Waals surface area contributed by atoms with Gasteiger partial charge in [0.05, 0.1) is 50.8 Å². The lowest BCUT2D eigenvalue weighted by molar-refractivity contribution is -0.250. The number of aldehydes is 1. The van der Waals surface area contributed by atoms with Gasteiger partial charge in [-0.25, -0.2) is 0 Å². The summed E-state index contributed by atoms with van der Waals surface area (Å²) in [4.78, 5) is 11.6. The Morgan fingerprint density at radius 2 is 1.09 bits per heavy atom. The molecule has 248 valence electrons. The molecule has 0 N–H and O–H groups in total. The van der Waals surface area contributed by atoms with Gasteiger partial charge >= 0.3 is 0 Å². The van der Waals surface area contributed by atoms with Crippen LogP contribution >= 0.6 is 0 Å². The van der Waals surface area contributed by atoms with Gasteiger partial charge < -0.3 is 37.9 Å². The molecule has 0 aliphatic carbocycles. The third-order valence-electron chi connectivity index (χ3n) is 7.81. The maximum absolute atomic E-state index is 11.6. The minimum absolute atomic E-state index is 0.250. The fourth-order valence-corrected chi connectivity index (χ4v) is 5.20. The summed E-state index contributed by atoms with van der Waals surface area (Å²) in [7, 11) is 0. The standard InChI is InChI=1S/C37H46O9/c1-36(2)15-21-43-34(45-36)30-11-5-7-13-32(30)41-19-9-17-39-28-23-27(26-38)24-29(25-28)40-18-10-20-42-33-14-8-6-12-31(33)35-44-22-16-37(3,4)46-35/h5-8,11-14,23-26,34-35H,9-10,15-22H2,1-4H3. The van der Waals surface area contributed by atoms with E-state index in [-0.39, 0.29) is 11.2 Å². The Kier molecular flexibility index (Phi) is 11.6. The first-order valence-corrected chi connectivity index (χ1v) is 16.1. The molecule has 0 aromatic heterocycles. The lowest BCUT2D eigenvalue weighted by atomic mass is 10.0. The molecule has 0 radical (unpaired) electrons. The fourth-order valence-electron chi connectivity index (χ4n) is 5.20. The largest absolute Gasteiger partial charge is 0.493 e. The van der Waals surface area contributed by atoms with Crippen molar-refractivity contribution in [2.24, 2.45) is 0 Å². The molecule has 3 aromatic rings. The highest BCUT2D eigenvalue weighted by Gasteiger charge is 2.32. The monoisotopic (exact) mass is 634 g/mol. The molecular weight excluding hydrogens is 588 g/mol. The maximum Gasteiger partial charge on any atom is 0.187 e. The maximum atomic E-state index is 11.6. The number of rotatable bonds is 15. The summed E-state index contributed by atoms with van der Waals surface area (Å²) < 4.78 is 48.1. The van der Waals surface area contributed by atoms with Gasteiger partial charge in [-0.05, 0) is 64.8 Å². The van der Waals surface area contributed by atoms with Crippen molar-refractivity contribution in [1.82, 2.24) is 0 Å². The normalized spacial score (nSPS) is 20.4. The Labute approximate surface area is 272 Å². The van der Waals surface area contributed by atoms with Crippen molar-refractivity contribution >= 4 is 6.29 Å². The highest BCUT2D eigenvalue weighted by molar-refractivity contribution is 5.76. The first-order chi connectivity index (χ1) is 22.2. The number of carbonyl (C=O) groups excluding carboxylic acids is 1. The van der Waals surface area contributed by atoms with E-state index >= 15 is 0 Å². The summed E-state index contributed by atoms with van der Waals surface area (Å²) in [6, 6.07) is 20.7. The summed E-state index contributed by atoms with van der Waals surface area (Å²) in [6.07, 6.45) is 2.84. The van der Waals surface area contributed by atoms with Crippen molar-refractivity contribution in [3.05, 3.63) is 83.4 Å². The lowest BCUT2D eigenvalue weighted by Crippen LogP contribution is -2.34. The van der Waals surface area contributed by atoms with Crippen LogP contribution in [-0.2, 0) is 18.9 Å². The first-order valence-electron chi connectivity index (χ1n) is 16.1. The van der Waals surface area contributed by atoms with Crippen LogP contribution in [0.2, 0.25) is 0 Å². The summed E-state index contributed by atoms with van der Waals surface area (Å²) in [5.41, 5.74) is 1.74. The highest BCUT2D eigenvalue weighted by atomic mass is 16.7. The molecule has 2 heterocycles. The Morgan fingerprint density at radius 1 is 0.652 bits per heavy atom. The molecule has 2 aliphatic rings. The predicted molar refractivity (Wildman–Crippen MR) is 173 cm³/mol. The lowest BCUT2D eigenvalue weighted by Gasteiger charge is -2.36. The summed E-state index contributed by atoms with van der Waals surface area (Å²) >= 11 is 0. The van der Waals surface area contributed by atoms with E-state index in [0.29, 0.717) is 69.5 Å². The average Bonchev–Trinajstić information content (AvgIpc) is 3.04. The van der Waals surface area contributed by atoms with Gasteiger partial charge in [0.25, 0.3) is 0 Å². The Bertz CT molecular complexity index is 1320. The number of benzene rings is 3. The molecule has 46 heavy (non-hydrogen) atoms. The van der Waals surface area contributed by atoms with Gasteiger partial charge in [-0.1, -0.05) is 36.4 Å². The number of carbonyl (C=O) groups is 1. The molecule has 0 bridgehead atoms. The zero-order chi connectivity index (χ0) is 32.4.